The zero-order chi connectivity index (χ0) is 16.8. The highest BCUT2D eigenvalue weighted by atomic mass is 35.5. The van der Waals surface area contributed by atoms with E-state index in [1.807, 2.05) is 0 Å². The highest BCUT2D eigenvalue weighted by molar-refractivity contribution is 6.30. The Morgan fingerprint density at radius 1 is 1.09 bits per heavy atom. The molecule has 0 aliphatic rings. The second kappa shape index (κ2) is 7.65. The summed E-state index contributed by atoms with van der Waals surface area (Å²) in [6.45, 7) is 1.50. The molecule has 6 heteroatoms. The number of hydrogen-bond donors (Lipinski definition) is 1. The van der Waals surface area contributed by atoms with Crippen LogP contribution < -0.4 is 10.1 Å². The summed E-state index contributed by atoms with van der Waals surface area (Å²) in [5.41, 5.74) is 0.834. The Hall–Kier alpha value is -2.53. The van der Waals surface area contributed by atoms with E-state index in [4.69, 9.17) is 21.1 Å². The summed E-state index contributed by atoms with van der Waals surface area (Å²) in [6.07, 6.45) is -0.955. The van der Waals surface area contributed by atoms with Crippen molar-refractivity contribution in [2.75, 3.05) is 12.4 Å². The molecule has 2 aromatic carbocycles. The lowest BCUT2D eigenvalue weighted by molar-refractivity contribution is -0.123. The van der Waals surface area contributed by atoms with Crippen molar-refractivity contribution in [2.45, 2.75) is 13.0 Å². The van der Waals surface area contributed by atoms with Crippen LogP contribution in [0, 0.1) is 0 Å². The van der Waals surface area contributed by atoms with E-state index in [2.05, 4.69) is 5.32 Å². The third-order valence-electron chi connectivity index (χ3n) is 3.10. The Morgan fingerprint density at radius 2 is 1.74 bits per heavy atom. The maximum absolute atomic E-state index is 12.1. The smallest absolute Gasteiger partial charge is 0.338 e. The van der Waals surface area contributed by atoms with E-state index in [0.29, 0.717) is 22.0 Å². The van der Waals surface area contributed by atoms with Gasteiger partial charge in [-0.1, -0.05) is 23.7 Å². The summed E-state index contributed by atoms with van der Waals surface area (Å²) >= 11 is 5.76. The molecule has 0 saturated heterocycles. The van der Waals surface area contributed by atoms with Crippen molar-refractivity contribution in [3.8, 4) is 5.75 Å². The molecule has 1 atom stereocenters. The van der Waals surface area contributed by atoms with Crippen LogP contribution in [-0.4, -0.2) is 25.1 Å². The Kier molecular flexibility index (Phi) is 5.60. The molecule has 1 amide bonds. The predicted molar refractivity (Wildman–Crippen MR) is 88.0 cm³/mol. The average molecular weight is 334 g/mol. The van der Waals surface area contributed by atoms with E-state index in [9.17, 15) is 9.59 Å². The molecule has 0 aliphatic heterocycles. The molecule has 2 aromatic rings. The quantitative estimate of drug-likeness (QED) is 0.850. The van der Waals surface area contributed by atoms with Crippen molar-refractivity contribution >= 4 is 29.2 Å². The first-order valence-corrected chi connectivity index (χ1v) is 7.29. The molecule has 0 aliphatic carbocycles. The lowest BCUT2D eigenvalue weighted by atomic mass is 10.2. The molecule has 0 bridgehead atoms. The van der Waals surface area contributed by atoms with E-state index < -0.39 is 18.0 Å². The van der Waals surface area contributed by atoms with Gasteiger partial charge < -0.3 is 14.8 Å². The van der Waals surface area contributed by atoms with Gasteiger partial charge in [0.2, 0.25) is 0 Å². The number of rotatable bonds is 5. The van der Waals surface area contributed by atoms with Crippen molar-refractivity contribution in [2.24, 2.45) is 0 Å². The SMILES string of the molecule is COc1ccccc1NC(=O)C(C)OC(=O)c1ccc(Cl)cc1. The number of carbonyl (C=O) groups excluding carboxylic acids is 2. The van der Waals surface area contributed by atoms with E-state index in [-0.39, 0.29) is 0 Å². The molecule has 23 heavy (non-hydrogen) atoms. The van der Waals surface area contributed by atoms with Crippen LogP contribution in [0.5, 0.6) is 5.75 Å². The van der Waals surface area contributed by atoms with Crippen molar-refractivity contribution in [3.05, 3.63) is 59.1 Å². The maximum Gasteiger partial charge on any atom is 0.338 e. The minimum Gasteiger partial charge on any atom is -0.495 e. The third-order valence-corrected chi connectivity index (χ3v) is 3.35. The number of amides is 1. The number of anilines is 1. The maximum atomic E-state index is 12.1. The molecular formula is C17H16ClNO4. The number of ether oxygens (including phenoxy) is 2. The van der Waals surface area contributed by atoms with Crippen molar-refractivity contribution < 1.29 is 19.1 Å². The summed E-state index contributed by atoms with van der Waals surface area (Å²) in [5.74, 6) is -0.516. The Bertz CT molecular complexity index is 700. The van der Waals surface area contributed by atoms with Gasteiger partial charge >= 0.3 is 5.97 Å². The number of nitrogens with one attached hydrogen (secondary N) is 1. The highest BCUT2D eigenvalue weighted by Gasteiger charge is 2.20. The van der Waals surface area contributed by atoms with Crippen LogP contribution in [-0.2, 0) is 9.53 Å². The average Bonchev–Trinajstić information content (AvgIpc) is 2.55. The van der Waals surface area contributed by atoms with Gasteiger partial charge in [-0.25, -0.2) is 4.79 Å². The lowest BCUT2D eigenvalue weighted by Gasteiger charge is -2.15. The number of halogens is 1. The van der Waals surface area contributed by atoms with Crippen LogP contribution in [0.15, 0.2) is 48.5 Å². The monoisotopic (exact) mass is 333 g/mol. The van der Waals surface area contributed by atoms with Gasteiger partial charge in [-0.15, -0.1) is 0 Å². The fourth-order valence-corrected chi connectivity index (χ4v) is 1.98. The standard InChI is InChI=1S/C17H16ClNO4/c1-11(23-17(21)12-7-9-13(18)10-8-12)16(20)19-14-5-3-4-6-15(14)22-2/h3-11H,1-2H3,(H,19,20). The molecular weight excluding hydrogens is 318 g/mol. The van der Waals surface area contributed by atoms with E-state index >= 15 is 0 Å². The van der Waals surface area contributed by atoms with Gasteiger partial charge in [0, 0.05) is 5.02 Å². The van der Waals surface area contributed by atoms with Gasteiger partial charge in [0.05, 0.1) is 18.4 Å². The van der Waals surface area contributed by atoms with Gasteiger partial charge in [0.25, 0.3) is 5.91 Å². The Labute approximate surface area is 139 Å². The largest absolute Gasteiger partial charge is 0.495 e. The first kappa shape index (κ1) is 16.8. The van der Waals surface area contributed by atoms with Crippen LogP contribution in [0.4, 0.5) is 5.69 Å². The van der Waals surface area contributed by atoms with Crippen LogP contribution in [0.2, 0.25) is 5.02 Å². The topological polar surface area (TPSA) is 64.6 Å². The highest BCUT2D eigenvalue weighted by Crippen LogP contribution is 2.23. The van der Waals surface area contributed by atoms with Gasteiger partial charge in [-0.2, -0.15) is 0 Å². The molecule has 120 valence electrons. The summed E-state index contributed by atoms with van der Waals surface area (Å²) in [6, 6.07) is 13.2. The van der Waals surface area contributed by atoms with Gasteiger partial charge in [-0.3, -0.25) is 4.79 Å². The molecule has 0 aromatic heterocycles. The van der Waals surface area contributed by atoms with Crippen LogP contribution in [0.1, 0.15) is 17.3 Å². The Morgan fingerprint density at radius 3 is 2.39 bits per heavy atom. The van der Waals surface area contributed by atoms with Crippen molar-refractivity contribution in [1.82, 2.24) is 0 Å². The minimum absolute atomic E-state index is 0.325. The van der Waals surface area contributed by atoms with Crippen LogP contribution in [0.3, 0.4) is 0 Å². The minimum atomic E-state index is -0.955. The van der Waals surface area contributed by atoms with Crippen molar-refractivity contribution in [1.29, 1.82) is 0 Å². The normalized spacial score (nSPS) is 11.4. The molecule has 0 fully saturated rings. The molecule has 1 N–H and O–H groups in total. The summed E-state index contributed by atoms with van der Waals surface area (Å²) in [5, 5.41) is 3.18. The molecule has 0 radical (unpaired) electrons. The Balaban J connectivity index is 1.99. The number of para-hydroxylation sites is 2. The van der Waals surface area contributed by atoms with E-state index in [0.717, 1.165) is 0 Å². The number of benzene rings is 2. The number of esters is 1. The number of methoxy groups -OCH3 is 1. The first-order valence-electron chi connectivity index (χ1n) is 6.91. The summed E-state index contributed by atoms with van der Waals surface area (Å²) < 4.78 is 10.3. The first-order chi connectivity index (χ1) is 11.0. The molecule has 2 rings (SSSR count). The fourth-order valence-electron chi connectivity index (χ4n) is 1.85. The lowest BCUT2D eigenvalue weighted by Crippen LogP contribution is -2.30. The summed E-state index contributed by atoms with van der Waals surface area (Å²) in [4.78, 5) is 24.1. The molecule has 0 heterocycles. The van der Waals surface area contributed by atoms with Gasteiger partial charge in [0.15, 0.2) is 6.10 Å². The van der Waals surface area contributed by atoms with E-state index in [1.165, 1.54) is 26.2 Å². The number of carbonyl (C=O) groups is 2. The second-order valence-electron chi connectivity index (χ2n) is 4.74. The predicted octanol–water partition coefficient (Wildman–Crippen LogP) is 3.53. The molecule has 0 saturated carbocycles. The van der Waals surface area contributed by atoms with Gasteiger partial charge in [-0.05, 0) is 43.3 Å². The molecule has 5 nitrogen and oxygen atoms in total. The van der Waals surface area contributed by atoms with Crippen molar-refractivity contribution in [3.63, 3.8) is 0 Å². The second-order valence-corrected chi connectivity index (χ2v) is 5.18. The van der Waals surface area contributed by atoms with E-state index in [1.54, 1.807) is 36.4 Å². The molecule has 0 spiro atoms. The zero-order valence-electron chi connectivity index (χ0n) is 12.7. The van der Waals surface area contributed by atoms with Crippen LogP contribution in [0.25, 0.3) is 0 Å². The van der Waals surface area contributed by atoms with Gasteiger partial charge in [0.1, 0.15) is 5.75 Å². The zero-order valence-corrected chi connectivity index (χ0v) is 13.5. The molecule has 1 unspecified atom stereocenters. The van der Waals surface area contributed by atoms with Crippen LogP contribution >= 0.6 is 11.6 Å². The number of hydrogen-bond acceptors (Lipinski definition) is 4. The third kappa shape index (κ3) is 4.47. The fraction of sp³-hybridized carbons (Fsp3) is 0.176. The summed E-state index contributed by atoms with van der Waals surface area (Å²) in [7, 11) is 1.51.